The summed E-state index contributed by atoms with van der Waals surface area (Å²) in [6.07, 6.45) is 2.01. The van der Waals surface area contributed by atoms with Gasteiger partial charge in [-0.15, -0.1) is 0 Å². The van der Waals surface area contributed by atoms with Gasteiger partial charge in [0.15, 0.2) is 0 Å². The summed E-state index contributed by atoms with van der Waals surface area (Å²) in [4.78, 5) is 2.28. The van der Waals surface area contributed by atoms with E-state index in [1.807, 2.05) is 6.92 Å². The Hall–Kier alpha value is 0.583. The Labute approximate surface area is 91.7 Å². The van der Waals surface area contributed by atoms with Crippen molar-refractivity contribution in [2.75, 3.05) is 13.6 Å². The van der Waals surface area contributed by atoms with Crippen LogP contribution in [0.3, 0.4) is 0 Å². The van der Waals surface area contributed by atoms with Gasteiger partial charge in [-0.2, -0.15) is 12.8 Å². The topological polar surface area (TPSA) is 3.24 Å². The zero-order chi connectivity index (χ0) is 9.28. The van der Waals surface area contributed by atoms with E-state index in [-0.39, 0.29) is 19.5 Å². The van der Waals surface area contributed by atoms with Crippen LogP contribution in [0.25, 0.3) is 0 Å². The van der Waals surface area contributed by atoms with Gasteiger partial charge in [0.25, 0.3) is 0 Å². The van der Waals surface area contributed by atoms with E-state index in [1.54, 1.807) is 0 Å². The molecule has 0 atom stereocenters. The summed E-state index contributed by atoms with van der Waals surface area (Å²) >= 11 is 0. The number of rotatable bonds is 3. The molecule has 12 heavy (non-hydrogen) atoms. The van der Waals surface area contributed by atoms with Crippen LogP contribution in [0.1, 0.15) is 33.6 Å². The van der Waals surface area contributed by atoms with Crippen molar-refractivity contribution in [3.63, 3.8) is 0 Å². The van der Waals surface area contributed by atoms with Gasteiger partial charge in [0.2, 0.25) is 0 Å². The second-order valence-electron chi connectivity index (χ2n) is 2.93. The molecule has 0 aromatic rings. The van der Waals surface area contributed by atoms with Gasteiger partial charge in [-0.05, 0) is 27.4 Å². The van der Waals surface area contributed by atoms with Crippen molar-refractivity contribution in [1.82, 2.24) is 4.90 Å². The molecule has 0 N–H and O–H groups in total. The average molecular weight is 223 g/mol. The zero-order valence-corrected chi connectivity index (χ0v) is 12.2. The normalized spacial score (nSPS) is 9.00. The van der Waals surface area contributed by atoms with Gasteiger partial charge in [-0.25, -0.2) is 0 Å². The summed E-state index contributed by atoms with van der Waals surface area (Å²) in [5.41, 5.74) is 0. The van der Waals surface area contributed by atoms with Gasteiger partial charge in [0.05, 0.1) is 0 Å². The molecule has 0 bridgehead atoms. The van der Waals surface area contributed by atoms with E-state index < -0.39 is 0 Å². The van der Waals surface area contributed by atoms with Crippen LogP contribution in [0.4, 0.5) is 0 Å². The second kappa shape index (κ2) is 14.1. The maximum atomic E-state index is 3.77. The molecule has 0 aromatic carbocycles. The van der Waals surface area contributed by atoms with Gasteiger partial charge >= 0.3 is 19.5 Å². The summed E-state index contributed by atoms with van der Waals surface area (Å²) in [6, 6.07) is 0.664. The molecule has 0 amide bonds. The Morgan fingerprint density at radius 3 is 1.67 bits per heavy atom. The first-order chi connectivity index (χ1) is 5.09. The predicted octanol–water partition coefficient (Wildman–Crippen LogP) is 2.78. The number of hydrogen-bond acceptors (Lipinski definition) is 1. The fourth-order valence-electron chi connectivity index (χ4n) is 0.508. The van der Waals surface area contributed by atoms with Crippen molar-refractivity contribution < 1.29 is 19.5 Å². The maximum Gasteiger partial charge on any atom is 2.00 e. The second-order valence-corrected chi connectivity index (χ2v) is 2.93. The molecule has 0 aliphatic heterocycles. The van der Waals surface area contributed by atoms with E-state index in [2.05, 4.69) is 39.6 Å². The minimum absolute atomic E-state index is 0. The minimum atomic E-state index is 0. The summed E-state index contributed by atoms with van der Waals surface area (Å²) in [5.74, 6) is 0. The van der Waals surface area contributed by atoms with Crippen molar-refractivity contribution in [3.8, 4) is 0 Å². The van der Waals surface area contributed by atoms with E-state index in [0.717, 1.165) is 19.4 Å². The molecule has 0 radical (unpaired) electrons. The van der Waals surface area contributed by atoms with Crippen molar-refractivity contribution in [1.29, 1.82) is 0 Å². The van der Waals surface area contributed by atoms with E-state index in [9.17, 15) is 0 Å². The Bertz CT molecular complexity index is 64.9. The molecule has 0 aromatic heterocycles. The fourth-order valence-corrected chi connectivity index (χ4v) is 0.508. The average Bonchev–Trinajstić information content (AvgIpc) is 1.90. The van der Waals surface area contributed by atoms with Crippen molar-refractivity contribution in [2.45, 2.75) is 39.7 Å². The predicted molar refractivity (Wildman–Crippen MR) is 53.4 cm³/mol. The van der Waals surface area contributed by atoms with Crippen LogP contribution in [-0.4, -0.2) is 24.5 Å². The van der Waals surface area contributed by atoms with Gasteiger partial charge < -0.3 is 18.7 Å². The third kappa shape index (κ3) is 16.9. The van der Waals surface area contributed by atoms with Crippen molar-refractivity contribution in [3.05, 3.63) is 13.8 Å². The van der Waals surface area contributed by atoms with Crippen LogP contribution in [-0.2, 0) is 19.5 Å². The monoisotopic (exact) mass is 221 g/mol. The zero-order valence-electron chi connectivity index (χ0n) is 9.27. The van der Waals surface area contributed by atoms with Gasteiger partial charge in [-0.1, -0.05) is 6.92 Å². The van der Waals surface area contributed by atoms with Crippen LogP contribution in [0.5, 0.6) is 0 Å². The summed E-state index contributed by atoms with van der Waals surface area (Å²) < 4.78 is 0. The Balaban J connectivity index is -0.000000177. The van der Waals surface area contributed by atoms with Crippen LogP contribution >= 0.6 is 0 Å². The first kappa shape index (κ1) is 18.4. The molecule has 0 heterocycles. The van der Waals surface area contributed by atoms with E-state index in [1.165, 1.54) is 0 Å². The molecular weight excluding hydrogens is 200 g/mol. The molecule has 0 aliphatic rings. The first-order valence-electron chi connectivity index (χ1n) is 4.38. The molecule has 0 spiro atoms. The molecule has 0 unspecified atom stereocenters. The van der Waals surface area contributed by atoms with Crippen LogP contribution < -0.4 is 0 Å². The van der Waals surface area contributed by atoms with Gasteiger partial charge in [0, 0.05) is 6.04 Å². The molecule has 70 valence electrons. The number of nitrogens with zero attached hydrogens (tertiary/aromatic N) is 1. The van der Waals surface area contributed by atoms with Crippen molar-refractivity contribution >= 4 is 0 Å². The first-order valence-corrected chi connectivity index (χ1v) is 4.38. The molecule has 0 saturated carbocycles. The van der Waals surface area contributed by atoms with Crippen LogP contribution in [0.2, 0.25) is 0 Å². The third-order valence-electron chi connectivity index (χ3n) is 1.39. The molecule has 0 aliphatic carbocycles. The summed E-state index contributed by atoms with van der Waals surface area (Å²) in [7, 11) is 2.12. The van der Waals surface area contributed by atoms with E-state index in [0.29, 0.717) is 6.04 Å². The standard InChI is InChI=1S/C7H16N.C3H7.Zn/c1-5-6-8(4)7(2)3;1-3-2;/h7H,1,5-6H2,2-4H3;1,3H2,2H3;/q2*-1;+2. The fraction of sp³-hybridized carbons (Fsp3) is 0.800. The van der Waals surface area contributed by atoms with Gasteiger partial charge in [-0.3, -0.25) is 0 Å². The summed E-state index contributed by atoms with van der Waals surface area (Å²) in [6.45, 7) is 14.8. The molecule has 0 saturated heterocycles. The molecule has 2 heteroatoms. The van der Waals surface area contributed by atoms with Crippen LogP contribution in [0.15, 0.2) is 0 Å². The van der Waals surface area contributed by atoms with Crippen molar-refractivity contribution in [2.24, 2.45) is 0 Å². The largest absolute Gasteiger partial charge is 2.00 e. The molecule has 0 rings (SSSR count). The Morgan fingerprint density at radius 1 is 1.25 bits per heavy atom. The quantitative estimate of drug-likeness (QED) is 0.524. The Morgan fingerprint density at radius 2 is 1.58 bits per heavy atom. The number of hydrogen-bond donors (Lipinski definition) is 0. The summed E-state index contributed by atoms with van der Waals surface area (Å²) in [5, 5.41) is 0. The molecule has 1 nitrogen and oxygen atoms in total. The molecule has 0 fully saturated rings. The smallest absolute Gasteiger partial charge is 0.344 e. The van der Waals surface area contributed by atoms with Crippen LogP contribution in [0, 0.1) is 13.8 Å². The molecular formula is C10H23NZn. The SMILES string of the molecule is [CH2-]CC.[CH2-]CCN(C)C(C)C.[Zn+2]. The van der Waals surface area contributed by atoms with Gasteiger partial charge in [0.1, 0.15) is 0 Å². The van der Waals surface area contributed by atoms with E-state index in [4.69, 9.17) is 0 Å². The minimum Gasteiger partial charge on any atom is -0.344 e. The Kier molecular flexibility index (Phi) is 21.6. The third-order valence-corrected chi connectivity index (χ3v) is 1.39. The van der Waals surface area contributed by atoms with E-state index >= 15 is 0 Å². The maximum absolute atomic E-state index is 3.77.